The quantitative estimate of drug-likeness (QED) is 0.896. The van der Waals surface area contributed by atoms with Gasteiger partial charge in [0.15, 0.2) is 5.69 Å². The third kappa shape index (κ3) is 3.15. The van der Waals surface area contributed by atoms with Gasteiger partial charge in [-0.15, -0.1) is 0 Å². The molecular weight excluding hydrogens is 308 g/mol. The maximum atomic E-state index is 12.5. The fourth-order valence-corrected chi connectivity index (χ4v) is 2.57. The van der Waals surface area contributed by atoms with Crippen LogP contribution in [0.3, 0.4) is 0 Å². The molecule has 0 unspecified atom stereocenters. The molecule has 0 bridgehead atoms. The van der Waals surface area contributed by atoms with Crippen molar-refractivity contribution in [2.75, 3.05) is 19.8 Å². The number of pyridine rings is 1. The Morgan fingerprint density at radius 2 is 2.08 bits per heavy atom. The van der Waals surface area contributed by atoms with Gasteiger partial charge in [0, 0.05) is 30.8 Å². The number of carbonyl (C=O) groups is 1. The monoisotopic (exact) mass is 326 g/mol. The normalized spacial score (nSPS) is 15.8. The molecule has 4 rings (SSSR count). The molecule has 0 spiro atoms. The van der Waals surface area contributed by atoms with E-state index in [1.807, 2.05) is 18.2 Å². The summed E-state index contributed by atoms with van der Waals surface area (Å²) in [7, 11) is 0. The molecule has 1 fully saturated rings. The molecule has 3 heterocycles. The summed E-state index contributed by atoms with van der Waals surface area (Å²) in [5, 5.41) is 2.88. The van der Waals surface area contributed by atoms with E-state index < -0.39 is 0 Å². The van der Waals surface area contributed by atoms with Crippen molar-refractivity contribution >= 4 is 5.91 Å². The van der Waals surface area contributed by atoms with Crippen LogP contribution < -0.4 is 14.8 Å². The second-order valence-electron chi connectivity index (χ2n) is 5.86. The zero-order chi connectivity index (χ0) is 16.4. The maximum Gasteiger partial charge on any atom is 0.274 e. The Kier molecular flexibility index (Phi) is 3.98. The first-order valence-electron chi connectivity index (χ1n) is 8.17. The van der Waals surface area contributed by atoms with Crippen molar-refractivity contribution in [3.05, 3.63) is 41.6 Å². The van der Waals surface area contributed by atoms with E-state index in [2.05, 4.69) is 20.3 Å². The van der Waals surface area contributed by atoms with Crippen molar-refractivity contribution in [1.82, 2.24) is 20.3 Å². The molecule has 7 heteroatoms. The van der Waals surface area contributed by atoms with Crippen LogP contribution in [0.4, 0.5) is 0 Å². The van der Waals surface area contributed by atoms with Crippen molar-refractivity contribution in [3.63, 3.8) is 0 Å². The highest BCUT2D eigenvalue weighted by Gasteiger charge is 2.32. The summed E-state index contributed by atoms with van der Waals surface area (Å²) in [6.07, 6.45) is 4.51. The van der Waals surface area contributed by atoms with Crippen LogP contribution in [0.2, 0.25) is 0 Å². The van der Waals surface area contributed by atoms with Gasteiger partial charge in [0.25, 0.3) is 11.8 Å². The van der Waals surface area contributed by atoms with Gasteiger partial charge in [0.2, 0.25) is 5.75 Å². The average molecular weight is 326 g/mol. The van der Waals surface area contributed by atoms with Crippen molar-refractivity contribution in [1.29, 1.82) is 0 Å². The lowest BCUT2D eigenvalue weighted by molar-refractivity contribution is 0.0933. The van der Waals surface area contributed by atoms with E-state index >= 15 is 0 Å². The Balaban J connectivity index is 1.49. The molecule has 2 aromatic heterocycles. The summed E-state index contributed by atoms with van der Waals surface area (Å²) < 4.78 is 11.1. The molecule has 1 aliphatic heterocycles. The van der Waals surface area contributed by atoms with Crippen LogP contribution in [0.15, 0.2) is 24.4 Å². The molecule has 1 saturated carbocycles. The molecule has 0 atom stereocenters. The van der Waals surface area contributed by atoms with E-state index in [1.54, 1.807) is 6.20 Å². The Hall–Kier alpha value is -2.70. The van der Waals surface area contributed by atoms with Crippen LogP contribution in [0.1, 0.15) is 40.8 Å². The summed E-state index contributed by atoms with van der Waals surface area (Å²) in [5.74, 6) is 1.47. The zero-order valence-electron chi connectivity index (χ0n) is 13.2. The molecule has 24 heavy (non-hydrogen) atoms. The molecule has 7 nitrogen and oxygen atoms in total. The molecule has 1 N–H and O–H groups in total. The lowest BCUT2D eigenvalue weighted by Gasteiger charge is -2.20. The number of ether oxygens (including phenoxy) is 2. The Morgan fingerprint density at radius 3 is 2.88 bits per heavy atom. The van der Waals surface area contributed by atoms with E-state index in [0.717, 1.165) is 18.5 Å². The molecule has 0 aromatic carbocycles. The van der Waals surface area contributed by atoms with Gasteiger partial charge in [0.1, 0.15) is 19.0 Å². The molecule has 0 saturated heterocycles. The summed E-state index contributed by atoms with van der Waals surface area (Å²) in [6.45, 7) is 1.32. The first-order chi connectivity index (χ1) is 11.8. The number of amides is 1. The molecule has 1 aliphatic carbocycles. The molecule has 124 valence electrons. The number of hydrogen-bond acceptors (Lipinski definition) is 6. The number of aromatic nitrogens is 3. The van der Waals surface area contributed by atoms with Crippen molar-refractivity contribution in [3.8, 4) is 11.6 Å². The highest BCUT2D eigenvalue weighted by atomic mass is 16.6. The lowest BCUT2D eigenvalue weighted by atomic mass is 10.2. The molecule has 0 radical (unpaired) electrons. The van der Waals surface area contributed by atoms with Gasteiger partial charge in [-0.2, -0.15) is 4.98 Å². The van der Waals surface area contributed by atoms with E-state index in [0.29, 0.717) is 49.6 Å². The topological polar surface area (TPSA) is 86.2 Å². The van der Waals surface area contributed by atoms with E-state index in [4.69, 9.17) is 9.47 Å². The predicted molar refractivity (Wildman–Crippen MR) is 85.3 cm³/mol. The van der Waals surface area contributed by atoms with Gasteiger partial charge in [0.05, 0.1) is 0 Å². The van der Waals surface area contributed by atoms with Gasteiger partial charge >= 0.3 is 0 Å². The fraction of sp³-hybridized carbons (Fsp3) is 0.412. The van der Waals surface area contributed by atoms with E-state index in [1.165, 1.54) is 0 Å². The third-order valence-corrected chi connectivity index (χ3v) is 3.97. The number of rotatable bonds is 5. The number of nitrogens with zero attached hydrogens (tertiary/aromatic N) is 3. The zero-order valence-corrected chi connectivity index (χ0v) is 13.2. The van der Waals surface area contributed by atoms with Crippen LogP contribution >= 0.6 is 0 Å². The summed E-state index contributed by atoms with van der Waals surface area (Å²) in [4.78, 5) is 25.6. The second kappa shape index (κ2) is 6.43. The summed E-state index contributed by atoms with van der Waals surface area (Å²) in [5.41, 5.74) is 1.20. The minimum absolute atomic E-state index is 0.266. The average Bonchev–Trinajstić information content (AvgIpc) is 3.47. The SMILES string of the molecule is O=C(NCCc1ccccn1)c1nc(C2CC2)nc2c1OCCO2. The maximum absolute atomic E-state index is 12.5. The van der Waals surface area contributed by atoms with Gasteiger partial charge in [-0.1, -0.05) is 6.07 Å². The lowest BCUT2D eigenvalue weighted by Crippen LogP contribution is -2.29. The molecule has 2 aromatic rings. The number of carbonyl (C=O) groups excluding carboxylic acids is 1. The first kappa shape index (κ1) is 14.9. The highest BCUT2D eigenvalue weighted by molar-refractivity contribution is 5.95. The Labute approximate surface area is 139 Å². The van der Waals surface area contributed by atoms with E-state index in [-0.39, 0.29) is 11.6 Å². The van der Waals surface area contributed by atoms with Crippen molar-refractivity contribution in [2.24, 2.45) is 0 Å². The summed E-state index contributed by atoms with van der Waals surface area (Å²) >= 11 is 0. The fourth-order valence-electron chi connectivity index (χ4n) is 2.57. The number of fused-ring (bicyclic) bond motifs is 1. The smallest absolute Gasteiger partial charge is 0.274 e. The molecular formula is C17H18N4O3. The van der Waals surface area contributed by atoms with Crippen LogP contribution in [-0.2, 0) is 6.42 Å². The van der Waals surface area contributed by atoms with Gasteiger partial charge in [-0.05, 0) is 25.0 Å². The van der Waals surface area contributed by atoms with Crippen molar-refractivity contribution < 1.29 is 14.3 Å². The first-order valence-corrected chi connectivity index (χ1v) is 8.17. The number of hydrogen-bond donors (Lipinski definition) is 1. The summed E-state index contributed by atoms with van der Waals surface area (Å²) in [6, 6.07) is 5.73. The molecule has 1 amide bonds. The third-order valence-electron chi connectivity index (χ3n) is 3.97. The van der Waals surface area contributed by atoms with Crippen LogP contribution in [0.25, 0.3) is 0 Å². The Morgan fingerprint density at radius 1 is 1.21 bits per heavy atom. The van der Waals surface area contributed by atoms with Crippen LogP contribution in [-0.4, -0.2) is 40.6 Å². The molecule has 2 aliphatic rings. The highest BCUT2D eigenvalue weighted by Crippen LogP contribution is 2.41. The van der Waals surface area contributed by atoms with E-state index in [9.17, 15) is 4.79 Å². The second-order valence-corrected chi connectivity index (χ2v) is 5.86. The minimum atomic E-state index is -0.267. The van der Waals surface area contributed by atoms with Crippen LogP contribution in [0.5, 0.6) is 11.6 Å². The van der Waals surface area contributed by atoms with Crippen LogP contribution in [0, 0.1) is 0 Å². The van der Waals surface area contributed by atoms with Crippen molar-refractivity contribution in [2.45, 2.75) is 25.2 Å². The van der Waals surface area contributed by atoms with Gasteiger partial charge in [-0.25, -0.2) is 4.98 Å². The minimum Gasteiger partial charge on any atom is -0.483 e. The van der Waals surface area contributed by atoms with Gasteiger partial charge < -0.3 is 14.8 Å². The Bertz CT molecular complexity index is 747. The number of nitrogens with one attached hydrogen (secondary N) is 1. The van der Waals surface area contributed by atoms with Gasteiger partial charge in [-0.3, -0.25) is 9.78 Å². The largest absolute Gasteiger partial charge is 0.483 e. The predicted octanol–water partition coefficient (Wildman–Crippen LogP) is 1.49. The standard InChI is InChI=1S/C17H18N4O3/c22-16(19-8-6-12-3-1-2-7-18-12)13-14-17(24-10-9-23-14)21-15(20-13)11-4-5-11/h1-3,7,11H,4-6,8-10H2,(H,19,22).